The highest BCUT2D eigenvalue weighted by atomic mass is 32.3. The minimum atomic E-state index is -4.92. The molecule has 1 unspecified atom stereocenters. The fourth-order valence-corrected chi connectivity index (χ4v) is 2.66. The van der Waals surface area contributed by atoms with E-state index < -0.39 is 51.7 Å². The number of aromatic carboxylic acids is 1. The van der Waals surface area contributed by atoms with E-state index in [4.69, 9.17) is 5.11 Å². The second-order valence-corrected chi connectivity index (χ2v) is 5.87. The Morgan fingerprint density at radius 3 is 2.55 bits per heavy atom. The van der Waals surface area contributed by atoms with Gasteiger partial charge in [-0.05, 0) is 12.1 Å². The fourth-order valence-electron chi connectivity index (χ4n) is 1.99. The molecule has 20 heavy (non-hydrogen) atoms. The SMILES string of the molecule is O=C(O)c1cccc(N2CC(S(=O)(=O)F)CC2=O)c1F. The molecule has 2 rings (SSSR count). The molecular weight excluding hydrogens is 296 g/mol. The predicted octanol–water partition coefficient (Wildman–Crippen LogP) is 0.928. The molecule has 0 saturated carbocycles. The summed E-state index contributed by atoms with van der Waals surface area (Å²) in [4.78, 5) is 23.2. The van der Waals surface area contributed by atoms with Gasteiger partial charge in [0.1, 0.15) is 5.25 Å². The molecule has 0 aliphatic carbocycles. The zero-order chi connectivity index (χ0) is 15.1. The largest absolute Gasteiger partial charge is 0.478 e. The van der Waals surface area contributed by atoms with Crippen LogP contribution in [0.15, 0.2) is 18.2 Å². The molecule has 0 aromatic heterocycles. The minimum Gasteiger partial charge on any atom is -0.478 e. The highest BCUT2D eigenvalue weighted by molar-refractivity contribution is 7.87. The minimum absolute atomic E-state index is 0.374. The summed E-state index contributed by atoms with van der Waals surface area (Å²) in [5, 5.41) is 7.21. The van der Waals surface area contributed by atoms with Crippen LogP contribution < -0.4 is 4.90 Å². The molecule has 1 saturated heterocycles. The van der Waals surface area contributed by atoms with Gasteiger partial charge in [0, 0.05) is 13.0 Å². The molecule has 0 radical (unpaired) electrons. The Labute approximate surface area is 112 Å². The Kier molecular flexibility index (Phi) is 3.46. The van der Waals surface area contributed by atoms with Crippen molar-refractivity contribution in [3.05, 3.63) is 29.6 Å². The lowest BCUT2D eigenvalue weighted by Crippen LogP contribution is -2.28. The Bertz CT molecular complexity index is 688. The summed E-state index contributed by atoms with van der Waals surface area (Å²) in [6, 6.07) is 3.35. The molecule has 1 atom stereocenters. The smallest absolute Gasteiger partial charge is 0.338 e. The van der Waals surface area contributed by atoms with Crippen molar-refractivity contribution in [2.45, 2.75) is 11.7 Å². The molecule has 6 nitrogen and oxygen atoms in total. The number of carboxylic acid groups (broad SMARTS) is 1. The number of carbonyl (C=O) groups is 2. The summed E-state index contributed by atoms with van der Waals surface area (Å²) in [5.41, 5.74) is -1.03. The normalized spacial score (nSPS) is 19.4. The Morgan fingerprint density at radius 1 is 1.40 bits per heavy atom. The van der Waals surface area contributed by atoms with Crippen LogP contribution in [0.5, 0.6) is 0 Å². The first-order valence-corrected chi connectivity index (χ1v) is 6.92. The highest BCUT2D eigenvalue weighted by Crippen LogP contribution is 2.29. The average Bonchev–Trinajstić information content (AvgIpc) is 2.71. The molecular formula is C11H9F2NO5S. The maximum Gasteiger partial charge on any atom is 0.338 e. The van der Waals surface area contributed by atoms with Gasteiger partial charge in [-0.15, -0.1) is 3.89 Å². The van der Waals surface area contributed by atoms with E-state index >= 15 is 0 Å². The van der Waals surface area contributed by atoms with Crippen molar-refractivity contribution >= 4 is 27.8 Å². The molecule has 9 heteroatoms. The lowest BCUT2D eigenvalue weighted by atomic mass is 10.1. The maximum absolute atomic E-state index is 14.0. The first kappa shape index (κ1) is 14.4. The molecule has 0 bridgehead atoms. The number of hydrogen-bond acceptors (Lipinski definition) is 4. The first-order chi connectivity index (χ1) is 9.21. The van der Waals surface area contributed by atoms with Crippen LogP contribution in [-0.4, -0.2) is 37.2 Å². The van der Waals surface area contributed by atoms with Crippen LogP contribution in [0.2, 0.25) is 0 Å². The third-order valence-corrected chi connectivity index (χ3v) is 4.10. The van der Waals surface area contributed by atoms with Crippen LogP contribution in [0.25, 0.3) is 0 Å². The van der Waals surface area contributed by atoms with Crippen LogP contribution in [0.3, 0.4) is 0 Å². The summed E-state index contributed by atoms with van der Waals surface area (Å²) in [6.07, 6.45) is -0.602. The summed E-state index contributed by atoms with van der Waals surface area (Å²) in [5.74, 6) is -3.46. The number of carboxylic acids is 1. The number of halogens is 2. The van der Waals surface area contributed by atoms with E-state index in [0.717, 1.165) is 17.0 Å². The van der Waals surface area contributed by atoms with E-state index in [1.807, 2.05) is 0 Å². The molecule has 1 aliphatic heterocycles. The van der Waals surface area contributed by atoms with Crippen molar-refractivity contribution in [1.82, 2.24) is 0 Å². The van der Waals surface area contributed by atoms with E-state index in [9.17, 15) is 26.3 Å². The van der Waals surface area contributed by atoms with Crippen molar-refractivity contribution in [2.75, 3.05) is 11.4 Å². The lowest BCUT2D eigenvalue weighted by molar-refractivity contribution is -0.117. The quantitative estimate of drug-likeness (QED) is 0.839. The van der Waals surface area contributed by atoms with Gasteiger partial charge < -0.3 is 10.0 Å². The number of amides is 1. The van der Waals surface area contributed by atoms with Gasteiger partial charge in [-0.25, -0.2) is 9.18 Å². The number of anilines is 1. The molecule has 1 fully saturated rings. The van der Waals surface area contributed by atoms with Gasteiger partial charge in [-0.3, -0.25) is 4.79 Å². The molecule has 1 aromatic carbocycles. The molecule has 1 aromatic rings. The molecule has 1 heterocycles. The number of hydrogen-bond donors (Lipinski definition) is 1. The second-order valence-electron chi connectivity index (χ2n) is 4.25. The molecule has 1 amide bonds. The first-order valence-electron chi connectivity index (χ1n) is 5.47. The Morgan fingerprint density at radius 2 is 2.05 bits per heavy atom. The van der Waals surface area contributed by atoms with Crippen molar-refractivity contribution in [1.29, 1.82) is 0 Å². The molecule has 1 N–H and O–H groups in total. The van der Waals surface area contributed by atoms with Gasteiger partial charge >= 0.3 is 16.2 Å². The zero-order valence-electron chi connectivity index (χ0n) is 9.92. The maximum atomic E-state index is 14.0. The molecule has 1 aliphatic rings. The lowest BCUT2D eigenvalue weighted by Gasteiger charge is -2.17. The zero-order valence-corrected chi connectivity index (χ0v) is 10.7. The van der Waals surface area contributed by atoms with Crippen LogP contribution in [-0.2, 0) is 15.0 Å². The summed E-state index contributed by atoms with van der Waals surface area (Å²) in [7, 11) is -4.92. The number of nitrogens with zero attached hydrogens (tertiary/aromatic N) is 1. The third-order valence-electron chi connectivity index (χ3n) is 2.99. The van der Waals surface area contributed by atoms with E-state index in [-0.39, 0.29) is 5.69 Å². The van der Waals surface area contributed by atoms with E-state index in [1.165, 1.54) is 6.07 Å². The van der Waals surface area contributed by atoms with Crippen LogP contribution in [0.4, 0.5) is 14.0 Å². The van der Waals surface area contributed by atoms with E-state index in [2.05, 4.69) is 0 Å². The van der Waals surface area contributed by atoms with Crippen LogP contribution >= 0.6 is 0 Å². The van der Waals surface area contributed by atoms with Gasteiger partial charge in [-0.1, -0.05) is 6.07 Å². The van der Waals surface area contributed by atoms with Crippen LogP contribution in [0.1, 0.15) is 16.8 Å². The van der Waals surface area contributed by atoms with Gasteiger partial charge in [0.05, 0.1) is 11.3 Å². The van der Waals surface area contributed by atoms with Crippen LogP contribution in [0, 0.1) is 5.82 Å². The van der Waals surface area contributed by atoms with Gasteiger partial charge in [-0.2, -0.15) is 8.42 Å². The average molecular weight is 305 g/mol. The summed E-state index contributed by atoms with van der Waals surface area (Å²) >= 11 is 0. The summed E-state index contributed by atoms with van der Waals surface area (Å²) in [6.45, 7) is -0.544. The number of rotatable bonds is 3. The van der Waals surface area contributed by atoms with Gasteiger partial charge in [0.2, 0.25) is 5.91 Å². The number of benzene rings is 1. The van der Waals surface area contributed by atoms with Gasteiger partial charge in [0.25, 0.3) is 0 Å². The summed E-state index contributed by atoms with van der Waals surface area (Å²) < 4.78 is 48.4. The third kappa shape index (κ3) is 2.48. The highest BCUT2D eigenvalue weighted by Gasteiger charge is 2.40. The molecule has 108 valence electrons. The Hall–Kier alpha value is -2.03. The van der Waals surface area contributed by atoms with E-state index in [1.54, 1.807) is 0 Å². The topological polar surface area (TPSA) is 91.8 Å². The van der Waals surface area contributed by atoms with Crippen molar-refractivity contribution < 1.29 is 31.4 Å². The van der Waals surface area contributed by atoms with E-state index in [0.29, 0.717) is 0 Å². The van der Waals surface area contributed by atoms with Crippen molar-refractivity contribution in [3.63, 3.8) is 0 Å². The van der Waals surface area contributed by atoms with Gasteiger partial charge in [0.15, 0.2) is 5.82 Å². The Balaban J connectivity index is 2.41. The number of carbonyl (C=O) groups excluding carboxylic acids is 1. The molecule has 0 spiro atoms. The second kappa shape index (κ2) is 4.82. The standard InChI is InChI=1S/C11H9F2NO5S/c12-10-7(11(16)17)2-1-3-8(10)14-5-6(4-9(14)15)20(13,18)19/h1-3,6H,4-5H2,(H,16,17). The van der Waals surface area contributed by atoms with Crippen molar-refractivity contribution in [3.8, 4) is 0 Å². The predicted molar refractivity (Wildman–Crippen MR) is 64.1 cm³/mol. The van der Waals surface area contributed by atoms with Crippen molar-refractivity contribution in [2.24, 2.45) is 0 Å². The monoisotopic (exact) mass is 305 g/mol. The fraction of sp³-hybridized carbons (Fsp3) is 0.273.